The van der Waals surface area contributed by atoms with E-state index in [1.54, 1.807) is 13.2 Å². The molecule has 3 rings (SSSR count). The predicted octanol–water partition coefficient (Wildman–Crippen LogP) is 5.07. The van der Waals surface area contributed by atoms with Crippen molar-refractivity contribution in [3.63, 3.8) is 0 Å². The molecule has 1 fully saturated rings. The van der Waals surface area contributed by atoms with E-state index < -0.39 is 0 Å². The second kappa shape index (κ2) is 9.95. The Kier molecular flexibility index (Phi) is 7.35. The third-order valence-electron chi connectivity index (χ3n) is 4.77. The first-order chi connectivity index (χ1) is 13.2. The summed E-state index contributed by atoms with van der Waals surface area (Å²) in [5.41, 5.74) is 1.75. The third kappa shape index (κ3) is 5.84. The van der Waals surface area contributed by atoms with Crippen LogP contribution in [0.2, 0.25) is 0 Å². The zero-order chi connectivity index (χ0) is 19.1. The van der Waals surface area contributed by atoms with Crippen LogP contribution in [0.4, 0.5) is 10.1 Å². The topological polar surface area (TPSA) is 33.7 Å². The fourth-order valence-corrected chi connectivity index (χ4v) is 3.59. The molecule has 0 aromatic heterocycles. The van der Waals surface area contributed by atoms with Gasteiger partial charge in [-0.2, -0.15) is 0 Å². The van der Waals surface area contributed by atoms with Gasteiger partial charge in [-0.25, -0.2) is 4.39 Å². The molecule has 6 heteroatoms. The average molecular weight is 437 g/mol. The average Bonchev–Trinajstić information content (AvgIpc) is 2.69. The molecule has 2 aromatic carbocycles. The standard InChI is InChI=1S/C21H26BrFN2O2/c1-26-17-6-7-18(22)20(14-17)24-15-16-5-8-21(19(23)13-16)27-12-11-25-9-3-2-4-10-25/h5-8,13-14,24H,2-4,9-12,15H2,1H3. The van der Waals surface area contributed by atoms with Crippen molar-refractivity contribution >= 4 is 21.6 Å². The summed E-state index contributed by atoms with van der Waals surface area (Å²) >= 11 is 3.50. The molecule has 0 atom stereocenters. The van der Waals surface area contributed by atoms with Gasteiger partial charge in [0.15, 0.2) is 11.6 Å². The molecule has 0 unspecified atom stereocenters. The van der Waals surface area contributed by atoms with Crippen LogP contribution in [0.1, 0.15) is 24.8 Å². The lowest BCUT2D eigenvalue weighted by molar-refractivity contribution is 0.180. The molecular formula is C21H26BrFN2O2. The molecule has 1 N–H and O–H groups in total. The fraction of sp³-hybridized carbons (Fsp3) is 0.429. The van der Waals surface area contributed by atoms with E-state index in [0.717, 1.165) is 41.1 Å². The van der Waals surface area contributed by atoms with Gasteiger partial charge in [-0.05, 0) is 71.7 Å². The van der Waals surface area contributed by atoms with E-state index in [1.165, 1.54) is 25.3 Å². The molecule has 1 heterocycles. The minimum atomic E-state index is -0.322. The van der Waals surface area contributed by atoms with E-state index in [4.69, 9.17) is 9.47 Å². The number of benzene rings is 2. The van der Waals surface area contributed by atoms with Crippen LogP contribution in [-0.4, -0.2) is 38.3 Å². The van der Waals surface area contributed by atoms with Gasteiger partial charge in [0.25, 0.3) is 0 Å². The van der Waals surface area contributed by atoms with Crippen molar-refractivity contribution in [1.82, 2.24) is 4.90 Å². The number of hydrogen-bond donors (Lipinski definition) is 1. The fourth-order valence-electron chi connectivity index (χ4n) is 3.20. The van der Waals surface area contributed by atoms with Gasteiger partial charge in [-0.1, -0.05) is 12.5 Å². The van der Waals surface area contributed by atoms with E-state index in [0.29, 0.717) is 18.9 Å². The van der Waals surface area contributed by atoms with Crippen LogP contribution >= 0.6 is 15.9 Å². The Morgan fingerprint density at radius 3 is 2.67 bits per heavy atom. The number of likely N-dealkylation sites (tertiary alicyclic amines) is 1. The predicted molar refractivity (Wildman–Crippen MR) is 110 cm³/mol. The second-order valence-electron chi connectivity index (χ2n) is 6.71. The van der Waals surface area contributed by atoms with Gasteiger partial charge in [0.1, 0.15) is 12.4 Å². The monoisotopic (exact) mass is 436 g/mol. The van der Waals surface area contributed by atoms with Crippen LogP contribution < -0.4 is 14.8 Å². The molecule has 0 radical (unpaired) electrons. The molecule has 4 nitrogen and oxygen atoms in total. The number of nitrogens with one attached hydrogen (secondary N) is 1. The van der Waals surface area contributed by atoms with E-state index in [2.05, 4.69) is 26.1 Å². The molecule has 0 bridgehead atoms. The van der Waals surface area contributed by atoms with Crippen molar-refractivity contribution in [1.29, 1.82) is 0 Å². The van der Waals surface area contributed by atoms with E-state index >= 15 is 0 Å². The normalized spacial score (nSPS) is 14.8. The van der Waals surface area contributed by atoms with E-state index in [9.17, 15) is 4.39 Å². The van der Waals surface area contributed by atoms with Crippen molar-refractivity contribution in [2.45, 2.75) is 25.8 Å². The minimum Gasteiger partial charge on any atom is -0.497 e. The van der Waals surface area contributed by atoms with Crippen molar-refractivity contribution < 1.29 is 13.9 Å². The molecule has 1 saturated heterocycles. The summed E-state index contributed by atoms with van der Waals surface area (Å²) in [6.07, 6.45) is 3.81. The molecule has 1 aliphatic rings. The molecule has 146 valence electrons. The Morgan fingerprint density at radius 1 is 1.11 bits per heavy atom. The first-order valence-electron chi connectivity index (χ1n) is 9.36. The number of anilines is 1. The van der Waals surface area contributed by atoms with Crippen molar-refractivity contribution in [3.05, 3.63) is 52.3 Å². The molecule has 1 aliphatic heterocycles. The molecule has 0 saturated carbocycles. The molecule has 2 aromatic rings. The van der Waals surface area contributed by atoms with Crippen molar-refractivity contribution in [3.8, 4) is 11.5 Å². The highest BCUT2D eigenvalue weighted by atomic mass is 79.9. The van der Waals surface area contributed by atoms with Crippen molar-refractivity contribution in [2.75, 3.05) is 38.7 Å². The Labute approximate surface area is 168 Å². The first-order valence-corrected chi connectivity index (χ1v) is 10.2. The van der Waals surface area contributed by atoms with Crippen LogP contribution in [0, 0.1) is 5.82 Å². The number of halogens is 2. The summed E-state index contributed by atoms with van der Waals surface area (Å²) in [5, 5.41) is 3.30. The lowest BCUT2D eigenvalue weighted by atomic mass is 10.1. The number of ether oxygens (including phenoxy) is 2. The van der Waals surface area contributed by atoms with E-state index in [1.807, 2.05) is 24.3 Å². The summed E-state index contributed by atoms with van der Waals surface area (Å²) in [5.74, 6) is 0.764. The van der Waals surface area contributed by atoms with Crippen LogP contribution in [0.3, 0.4) is 0 Å². The molecular weight excluding hydrogens is 411 g/mol. The van der Waals surface area contributed by atoms with Gasteiger partial charge < -0.3 is 14.8 Å². The Morgan fingerprint density at radius 2 is 1.93 bits per heavy atom. The number of rotatable bonds is 8. The minimum absolute atomic E-state index is 0.318. The molecule has 27 heavy (non-hydrogen) atoms. The highest BCUT2D eigenvalue weighted by Gasteiger charge is 2.11. The summed E-state index contributed by atoms with van der Waals surface area (Å²) in [6.45, 7) is 4.13. The van der Waals surface area contributed by atoms with Crippen LogP contribution in [0.5, 0.6) is 11.5 Å². The Bertz CT molecular complexity index is 751. The molecule has 0 amide bonds. The lowest BCUT2D eigenvalue weighted by Gasteiger charge is -2.26. The zero-order valence-electron chi connectivity index (χ0n) is 15.6. The number of hydrogen-bond acceptors (Lipinski definition) is 4. The van der Waals surface area contributed by atoms with Gasteiger partial charge >= 0.3 is 0 Å². The van der Waals surface area contributed by atoms with Gasteiger partial charge in [0.2, 0.25) is 0 Å². The lowest BCUT2D eigenvalue weighted by Crippen LogP contribution is -2.33. The zero-order valence-corrected chi connectivity index (χ0v) is 17.2. The van der Waals surface area contributed by atoms with Crippen LogP contribution in [0.25, 0.3) is 0 Å². The maximum atomic E-state index is 14.3. The quantitative estimate of drug-likeness (QED) is 0.625. The third-order valence-corrected chi connectivity index (χ3v) is 5.46. The van der Waals surface area contributed by atoms with Crippen molar-refractivity contribution in [2.24, 2.45) is 0 Å². The van der Waals surface area contributed by atoms with Gasteiger partial charge in [-0.3, -0.25) is 4.90 Å². The SMILES string of the molecule is COc1ccc(Br)c(NCc2ccc(OCCN3CCCCC3)c(F)c2)c1. The second-order valence-corrected chi connectivity index (χ2v) is 7.57. The summed E-state index contributed by atoms with van der Waals surface area (Å²) < 4.78 is 26.2. The Hall–Kier alpha value is -1.79. The molecule has 0 spiro atoms. The smallest absolute Gasteiger partial charge is 0.165 e. The summed E-state index contributed by atoms with van der Waals surface area (Å²) in [7, 11) is 1.63. The number of piperidine rings is 1. The van der Waals surface area contributed by atoms with Gasteiger partial charge in [0.05, 0.1) is 12.8 Å². The highest BCUT2D eigenvalue weighted by molar-refractivity contribution is 9.10. The maximum Gasteiger partial charge on any atom is 0.165 e. The maximum absolute atomic E-state index is 14.3. The van der Waals surface area contributed by atoms with Gasteiger partial charge in [0, 0.05) is 23.6 Å². The van der Waals surface area contributed by atoms with Crippen LogP contribution in [0.15, 0.2) is 40.9 Å². The van der Waals surface area contributed by atoms with Crippen LogP contribution in [-0.2, 0) is 6.54 Å². The largest absolute Gasteiger partial charge is 0.497 e. The van der Waals surface area contributed by atoms with Gasteiger partial charge in [-0.15, -0.1) is 0 Å². The Balaban J connectivity index is 1.51. The summed E-state index contributed by atoms with van der Waals surface area (Å²) in [6, 6.07) is 10.8. The number of nitrogens with zero attached hydrogens (tertiary/aromatic N) is 1. The first kappa shape index (κ1) is 20.0. The van der Waals surface area contributed by atoms with E-state index in [-0.39, 0.29) is 5.82 Å². The summed E-state index contributed by atoms with van der Waals surface area (Å²) in [4.78, 5) is 2.38. The number of methoxy groups -OCH3 is 1. The molecule has 0 aliphatic carbocycles. The highest BCUT2D eigenvalue weighted by Crippen LogP contribution is 2.28.